The molecule has 0 radical (unpaired) electrons. The summed E-state index contributed by atoms with van der Waals surface area (Å²) < 4.78 is 19.4. The maximum Gasteiger partial charge on any atom is 0.125 e. The number of aliphatic hydroxyl groups is 1. The van der Waals surface area contributed by atoms with Gasteiger partial charge in [-0.1, -0.05) is 22.0 Å². The molecule has 0 saturated heterocycles. The quantitative estimate of drug-likeness (QED) is 0.925. The Morgan fingerprint density at radius 2 is 1.89 bits per heavy atom. The number of methoxy groups -OCH3 is 1. The number of rotatable bonds is 3. The van der Waals surface area contributed by atoms with Crippen LogP contribution in [0.5, 0.6) is 5.75 Å². The highest BCUT2D eigenvalue weighted by Gasteiger charge is 2.18. The van der Waals surface area contributed by atoms with Gasteiger partial charge in [0.05, 0.1) is 7.11 Å². The minimum atomic E-state index is -0.928. The highest BCUT2D eigenvalue weighted by Crippen LogP contribution is 2.33. The van der Waals surface area contributed by atoms with Gasteiger partial charge in [-0.25, -0.2) is 4.39 Å². The van der Waals surface area contributed by atoms with E-state index in [1.807, 2.05) is 25.1 Å². The average molecular weight is 325 g/mol. The third-order valence-electron chi connectivity index (χ3n) is 3.02. The molecule has 100 valence electrons. The average Bonchev–Trinajstić information content (AvgIpc) is 2.40. The molecule has 0 fully saturated rings. The summed E-state index contributed by atoms with van der Waals surface area (Å²) in [6.45, 7) is 1.90. The first kappa shape index (κ1) is 14.0. The Hall–Kier alpha value is -1.39. The van der Waals surface area contributed by atoms with E-state index in [0.717, 1.165) is 15.6 Å². The molecule has 0 spiro atoms. The van der Waals surface area contributed by atoms with E-state index in [1.54, 1.807) is 0 Å². The van der Waals surface area contributed by atoms with Crippen molar-refractivity contribution in [3.63, 3.8) is 0 Å². The lowest BCUT2D eigenvalue weighted by Gasteiger charge is -2.17. The predicted molar refractivity (Wildman–Crippen MR) is 75.9 cm³/mol. The molecule has 0 aromatic heterocycles. The molecule has 1 atom stereocenters. The number of ether oxygens (including phenoxy) is 1. The van der Waals surface area contributed by atoms with Gasteiger partial charge in [-0.15, -0.1) is 0 Å². The molecule has 2 aromatic rings. The van der Waals surface area contributed by atoms with Crippen molar-refractivity contribution in [3.05, 3.63) is 63.4 Å². The minimum Gasteiger partial charge on any atom is -0.496 e. The van der Waals surface area contributed by atoms with Crippen LogP contribution in [0.3, 0.4) is 0 Å². The zero-order chi connectivity index (χ0) is 14.0. The SMILES string of the molecule is COc1ccc(F)cc1C(O)c1cc(Br)ccc1C. The summed E-state index contributed by atoms with van der Waals surface area (Å²) in [4.78, 5) is 0. The number of halogens is 2. The fraction of sp³-hybridized carbons (Fsp3) is 0.200. The van der Waals surface area contributed by atoms with E-state index in [0.29, 0.717) is 11.3 Å². The largest absolute Gasteiger partial charge is 0.496 e. The predicted octanol–water partition coefficient (Wildman–Crippen LogP) is 3.99. The topological polar surface area (TPSA) is 29.5 Å². The van der Waals surface area contributed by atoms with Crippen molar-refractivity contribution in [3.8, 4) is 5.75 Å². The van der Waals surface area contributed by atoms with Crippen molar-refractivity contribution in [2.75, 3.05) is 7.11 Å². The molecule has 0 aliphatic rings. The Kier molecular flexibility index (Phi) is 4.22. The van der Waals surface area contributed by atoms with Crippen LogP contribution in [0.15, 0.2) is 40.9 Å². The van der Waals surface area contributed by atoms with Crippen molar-refractivity contribution in [1.29, 1.82) is 0 Å². The van der Waals surface area contributed by atoms with Gasteiger partial charge in [0.1, 0.15) is 17.7 Å². The molecule has 0 amide bonds. The summed E-state index contributed by atoms with van der Waals surface area (Å²) in [6.07, 6.45) is -0.928. The molecule has 0 aliphatic heterocycles. The second-order valence-corrected chi connectivity index (χ2v) is 5.21. The third-order valence-corrected chi connectivity index (χ3v) is 3.52. The Labute approximate surface area is 120 Å². The Morgan fingerprint density at radius 3 is 2.58 bits per heavy atom. The van der Waals surface area contributed by atoms with E-state index < -0.39 is 11.9 Å². The molecule has 2 rings (SSSR count). The van der Waals surface area contributed by atoms with Crippen molar-refractivity contribution in [2.45, 2.75) is 13.0 Å². The molecule has 0 heterocycles. The van der Waals surface area contributed by atoms with Gasteiger partial charge in [0, 0.05) is 10.0 Å². The van der Waals surface area contributed by atoms with Gasteiger partial charge >= 0.3 is 0 Å². The molecule has 4 heteroatoms. The normalized spacial score (nSPS) is 12.3. The Balaban J connectivity index is 2.51. The standard InChI is InChI=1S/C15H14BrFO2/c1-9-3-4-10(16)7-12(9)15(18)13-8-11(17)5-6-14(13)19-2/h3-8,15,18H,1-2H3. The second kappa shape index (κ2) is 5.72. The van der Waals surface area contributed by atoms with Crippen LogP contribution >= 0.6 is 15.9 Å². The van der Waals surface area contributed by atoms with Crippen molar-refractivity contribution < 1.29 is 14.2 Å². The summed E-state index contributed by atoms with van der Waals surface area (Å²) in [5.41, 5.74) is 2.07. The zero-order valence-corrected chi connectivity index (χ0v) is 12.2. The van der Waals surface area contributed by atoms with Gasteiger partial charge in [-0.3, -0.25) is 0 Å². The van der Waals surface area contributed by atoms with Gasteiger partial charge in [-0.05, 0) is 48.4 Å². The van der Waals surface area contributed by atoms with Crippen molar-refractivity contribution in [1.82, 2.24) is 0 Å². The molecule has 0 saturated carbocycles. The van der Waals surface area contributed by atoms with Crippen LogP contribution in [0.25, 0.3) is 0 Å². The molecular weight excluding hydrogens is 311 g/mol. The van der Waals surface area contributed by atoms with Gasteiger partial charge in [-0.2, -0.15) is 0 Å². The van der Waals surface area contributed by atoms with Crippen LogP contribution in [-0.2, 0) is 0 Å². The maximum absolute atomic E-state index is 13.4. The Bertz CT molecular complexity index is 599. The second-order valence-electron chi connectivity index (χ2n) is 4.29. The molecule has 2 nitrogen and oxygen atoms in total. The summed E-state index contributed by atoms with van der Waals surface area (Å²) in [5.74, 6) is 0.0655. The Morgan fingerprint density at radius 1 is 1.16 bits per heavy atom. The summed E-state index contributed by atoms with van der Waals surface area (Å²) in [7, 11) is 1.50. The van der Waals surface area contributed by atoms with Crippen LogP contribution in [0.4, 0.5) is 4.39 Å². The van der Waals surface area contributed by atoms with Crippen LogP contribution in [0.1, 0.15) is 22.8 Å². The molecule has 0 bridgehead atoms. The highest BCUT2D eigenvalue weighted by molar-refractivity contribution is 9.10. The van der Waals surface area contributed by atoms with E-state index in [1.165, 1.54) is 25.3 Å². The summed E-state index contributed by atoms with van der Waals surface area (Å²) in [6, 6.07) is 9.74. The first-order valence-electron chi connectivity index (χ1n) is 5.80. The number of hydrogen-bond donors (Lipinski definition) is 1. The van der Waals surface area contributed by atoms with Gasteiger partial charge in [0.25, 0.3) is 0 Å². The molecule has 0 aliphatic carbocycles. The lowest BCUT2D eigenvalue weighted by molar-refractivity contribution is 0.213. The van der Waals surface area contributed by atoms with E-state index in [9.17, 15) is 9.50 Å². The fourth-order valence-corrected chi connectivity index (χ4v) is 2.37. The molecule has 19 heavy (non-hydrogen) atoms. The minimum absolute atomic E-state index is 0.400. The number of benzene rings is 2. The summed E-state index contributed by atoms with van der Waals surface area (Å²) >= 11 is 3.37. The van der Waals surface area contributed by atoms with Crippen LogP contribution in [0, 0.1) is 12.7 Å². The van der Waals surface area contributed by atoms with Crippen LogP contribution in [0.2, 0.25) is 0 Å². The molecule has 1 unspecified atom stereocenters. The smallest absolute Gasteiger partial charge is 0.125 e. The number of hydrogen-bond acceptors (Lipinski definition) is 2. The van der Waals surface area contributed by atoms with Gasteiger partial charge in [0.15, 0.2) is 0 Å². The fourth-order valence-electron chi connectivity index (χ4n) is 1.99. The first-order valence-corrected chi connectivity index (χ1v) is 6.59. The number of aliphatic hydroxyl groups excluding tert-OH is 1. The molecule has 2 aromatic carbocycles. The monoisotopic (exact) mass is 324 g/mol. The lowest BCUT2D eigenvalue weighted by atomic mass is 9.97. The van der Waals surface area contributed by atoms with Gasteiger partial charge in [0.2, 0.25) is 0 Å². The third kappa shape index (κ3) is 2.96. The molecular formula is C15H14BrFO2. The van der Waals surface area contributed by atoms with Gasteiger partial charge < -0.3 is 9.84 Å². The summed E-state index contributed by atoms with van der Waals surface area (Å²) in [5, 5.41) is 10.5. The first-order chi connectivity index (χ1) is 9.02. The lowest BCUT2D eigenvalue weighted by Crippen LogP contribution is -2.05. The molecule has 1 N–H and O–H groups in total. The van der Waals surface area contributed by atoms with E-state index >= 15 is 0 Å². The number of aryl methyl sites for hydroxylation is 1. The zero-order valence-electron chi connectivity index (χ0n) is 10.7. The van der Waals surface area contributed by atoms with E-state index in [4.69, 9.17) is 4.74 Å². The van der Waals surface area contributed by atoms with E-state index in [-0.39, 0.29) is 0 Å². The highest BCUT2D eigenvalue weighted by atomic mass is 79.9. The van der Waals surface area contributed by atoms with Crippen molar-refractivity contribution in [2.24, 2.45) is 0 Å². The maximum atomic E-state index is 13.4. The van der Waals surface area contributed by atoms with Crippen molar-refractivity contribution >= 4 is 15.9 Å². The van der Waals surface area contributed by atoms with Crippen LogP contribution < -0.4 is 4.74 Å². The van der Waals surface area contributed by atoms with E-state index in [2.05, 4.69) is 15.9 Å². The van der Waals surface area contributed by atoms with Crippen LogP contribution in [-0.4, -0.2) is 12.2 Å².